The fraction of sp³-hybridized carbons (Fsp3) is 0.333. The van der Waals surface area contributed by atoms with E-state index in [2.05, 4.69) is 50.2 Å². The van der Waals surface area contributed by atoms with Gasteiger partial charge >= 0.3 is 0 Å². The summed E-state index contributed by atoms with van der Waals surface area (Å²) in [6.07, 6.45) is 9.55. The standard InChI is InChI=1S/C27H31N9O/c1-16-5-6-22-21(14-30-33-22)25(16)37-27-24-19(20(13-29-26(24)28)17-12-31-35(4)15-17)11-23(32-27)36-9-7-18(8-10-36)34(2)3/h5-6,11-15,18H,7-10H2,1-4H3,(H2,28,29)(H,30,33). The number of ether oxygens (including phenoxy) is 1. The minimum absolute atomic E-state index is 0.375. The van der Waals surface area contributed by atoms with Gasteiger partial charge in [-0.25, -0.2) is 4.98 Å². The molecule has 1 saturated heterocycles. The SMILES string of the molecule is Cc1ccc2[nH]ncc2c1Oc1nc(N2CCC(N(C)C)CC2)cc2c(-c3cnn(C)c3)cnc(N)c12. The first-order valence-corrected chi connectivity index (χ1v) is 12.5. The summed E-state index contributed by atoms with van der Waals surface area (Å²) in [4.78, 5) is 14.2. The zero-order valence-electron chi connectivity index (χ0n) is 21.6. The predicted octanol–water partition coefficient (Wildman–Crippen LogP) is 4.12. The number of nitrogens with one attached hydrogen (secondary N) is 1. The monoisotopic (exact) mass is 497 g/mol. The second-order valence-corrected chi connectivity index (χ2v) is 9.99. The van der Waals surface area contributed by atoms with Crippen LogP contribution in [-0.4, -0.2) is 68.1 Å². The Morgan fingerprint density at radius 3 is 2.65 bits per heavy atom. The third kappa shape index (κ3) is 4.13. The van der Waals surface area contributed by atoms with Gasteiger partial charge in [-0.05, 0) is 51.6 Å². The fourth-order valence-electron chi connectivity index (χ4n) is 5.21. The average Bonchev–Trinajstić information content (AvgIpc) is 3.55. The third-order valence-electron chi connectivity index (χ3n) is 7.36. The molecule has 0 radical (unpaired) electrons. The number of aromatic amines is 1. The van der Waals surface area contributed by atoms with Gasteiger partial charge in [-0.2, -0.15) is 15.2 Å². The average molecular weight is 498 g/mol. The maximum Gasteiger partial charge on any atom is 0.232 e. The topological polar surface area (TPSA) is 114 Å². The molecule has 0 atom stereocenters. The summed E-state index contributed by atoms with van der Waals surface area (Å²) >= 11 is 0. The van der Waals surface area contributed by atoms with Crippen LogP contribution in [0.5, 0.6) is 11.6 Å². The van der Waals surface area contributed by atoms with Gasteiger partial charge < -0.3 is 20.3 Å². The summed E-state index contributed by atoms with van der Waals surface area (Å²) in [5, 5.41) is 14.1. The van der Waals surface area contributed by atoms with Crippen molar-refractivity contribution in [3.05, 3.63) is 48.5 Å². The summed E-state index contributed by atoms with van der Waals surface area (Å²) in [5.41, 5.74) is 10.3. The number of hydrogen-bond acceptors (Lipinski definition) is 8. The number of nitrogen functional groups attached to an aromatic ring is 1. The molecule has 6 rings (SSSR count). The Kier molecular flexibility index (Phi) is 5.68. The van der Waals surface area contributed by atoms with Crippen LogP contribution in [0.4, 0.5) is 11.6 Å². The van der Waals surface area contributed by atoms with Crippen LogP contribution in [0.2, 0.25) is 0 Å². The molecule has 1 fully saturated rings. The van der Waals surface area contributed by atoms with Crippen molar-refractivity contribution in [1.82, 2.24) is 34.8 Å². The number of nitrogens with two attached hydrogens (primary N) is 1. The predicted molar refractivity (Wildman–Crippen MR) is 146 cm³/mol. The van der Waals surface area contributed by atoms with Crippen LogP contribution < -0.4 is 15.4 Å². The van der Waals surface area contributed by atoms with E-state index in [1.807, 2.05) is 44.7 Å². The molecule has 0 bridgehead atoms. The van der Waals surface area contributed by atoms with E-state index < -0.39 is 0 Å². The Bertz CT molecular complexity index is 1590. The quantitative estimate of drug-likeness (QED) is 0.373. The Morgan fingerprint density at radius 1 is 1.11 bits per heavy atom. The minimum Gasteiger partial charge on any atom is -0.437 e. The van der Waals surface area contributed by atoms with Gasteiger partial charge in [0.15, 0.2) is 0 Å². The molecule has 10 nitrogen and oxygen atoms in total. The van der Waals surface area contributed by atoms with Crippen LogP contribution in [0.3, 0.4) is 0 Å². The van der Waals surface area contributed by atoms with Crippen molar-refractivity contribution in [2.45, 2.75) is 25.8 Å². The number of anilines is 2. The molecular weight excluding hydrogens is 466 g/mol. The van der Waals surface area contributed by atoms with Crippen molar-refractivity contribution in [3.8, 4) is 22.8 Å². The van der Waals surface area contributed by atoms with Gasteiger partial charge in [0.25, 0.3) is 0 Å². The largest absolute Gasteiger partial charge is 0.437 e. The fourth-order valence-corrected chi connectivity index (χ4v) is 5.21. The Hall–Kier alpha value is -4.18. The zero-order chi connectivity index (χ0) is 25.7. The Balaban J connectivity index is 1.53. The summed E-state index contributed by atoms with van der Waals surface area (Å²) in [5.74, 6) is 2.39. The van der Waals surface area contributed by atoms with Crippen molar-refractivity contribution in [3.63, 3.8) is 0 Å². The smallest absolute Gasteiger partial charge is 0.232 e. The number of rotatable bonds is 5. The molecule has 0 amide bonds. The first kappa shape index (κ1) is 23.2. The van der Waals surface area contributed by atoms with Crippen LogP contribution >= 0.6 is 0 Å². The van der Waals surface area contributed by atoms with Crippen LogP contribution in [-0.2, 0) is 7.05 Å². The van der Waals surface area contributed by atoms with E-state index in [4.69, 9.17) is 15.5 Å². The van der Waals surface area contributed by atoms with Crippen LogP contribution in [0, 0.1) is 6.92 Å². The van der Waals surface area contributed by atoms with Crippen LogP contribution in [0.1, 0.15) is 18.4 Å². The number of nitrogens with zero attached hydrogens (tertiary/aromatic N) is 7. The van der Waals surface area contributed by atoms with E-state index in [1.165, 1.54) is 0 Å². The van der Waals surface area contributed by atoms with Crippen molar-refractivity contribution in [1.29, 1.82) is 0 Å². The molecular formula is C27H31N9O. The van der Waals surface area contributed by atoms with E-state index in [9.17, 15) is 0 Å². The van der Waals surface area contributed by atoms with Gasteiger partial charge in [-0.1, -0.05) is 6.07 Å². The summed E-state index contributed by atoms with van der Waals surface area (Å²) in [6.45, 7) is 3.85. The molecule has 3 N–H and O–H groups in total. The molecule has 4 aromatic heterocycles. The van der Waals surface area contributed by atoms with Crippen molar-refractivity contribution in [2.24, 2.45) is 7.05 Å². The van der Waals surface area contributed by atoms with Crippen molar-refractivity contribution >= 4 is 33.3 Å². The molecule has 37 heavy (non-hydrogen) atoms. The molecule has 5 aromatic rings. The summed E-state index contributed by atoms with van der Waals surface area (Å²) < 4.78 is 8.40. The maximum atomic E-state index is 6.61. The van der Waals surface area contributed by atoms with E-state index in [0.29, 0.717) is 28.9 Å². The molecule has 0 spiro atoms. The van der Waals surface area contributed by atoms with E-state index >= 15 is 0 Å². The normalized spacial score (nSPS) is 14.8. The van der Waals surface area contributed by atoms with E-state index in [-0.39, 0.29) is 0 Å². The van der Waals surface area contributed by atoms with Gasteiger partial charge in [-0.3, -0.25) is 9.78 Å². The third-order valence-corrected chi connectivity index (χ3v) is 7.36. The van der Waals surface area contributed by atoms with E-state index in [1.54, 1.807) is 10.9 Å². The lowest BCUT2D eigenvalue weighted by molar-refractivity contribution is 0.249. The molecule has 0 aliphatic carbocycles. The number of fused-ring (bicyclic) bond motifs is 2. The molecule has 1 aromatic carbocycles. The molecule has 10 heteroatoms. The lowest BCUT2D eigenvalue weighted by Crippen LogP contribution is -2.42. The minimum atomic E-state index is 0.375. The van der Waals surface area contributed by atoms with Gasteiger partial charge in [0, 0.05) is 55.1 Å². The molecule has 5 heterocycles. The van der Waals surface area contributed by atoms with Crippen LogP contribution in [0.15, 0.2) is 43.0 Å². The number of benzene rings is 1. The Labute approximate surface area is 215 Å². The summed E-state index contributed by atoms with van der Waals surface area (Å²) in [6, 6.07) is 6.69. The van der Waals surface area contributed by atoms with Gasteiger partial charge in [0.2, 0.25) is 5.88 Å². The second kappa shape index (κ2) is 9.04. The highest BCUT2D eigenvalue weighted by Crippen LogP contribution is 2.41. The Morgan fingerprint density at radius 2 is 1.92 bits per heavy atom. The molecule has 0 unspecified atom stereocenters. The lowest BCUT2D eigenvalue weighted by atomic mass is 10.0. The number of piperidine rings is 1. The van der Waals surface area contributed by atoms with Gasteiger partial charge in [0.05, 0.1) is 28.7 Å². The van der Waals surface area contributed by atoms with Gasteiger partial charge in [0.1, 0.15) is 17.4 Å². The highest BCUT2D eigenvalue weighted by atomic mass is 16.5. The van der Waals surface area contributed by atoms with Crippen molar-refractivity contribution < 1.29 is 4.74 Å². The highest BCUT2D eigenvalue weighted by Gasteiger charge is 2.25. The molecule has 190 valence electrons. The van der Waals surface area contributed by atoms with Gasteiger partial charge in [-0.15, -0.1) is 0 Å². The number of pyridine rings is 2. The zero-order valence-corrected chi connectivity index (χ0v) is 21.6. The first-order chi connectivity index (χ1) is 17.9. The number of aryl methyl sites for hydroxylation is 2. The highest BCUT2D eigenvalue weighted by molar-refractivity contribution is 6.05. The molecule has 0 saturated carbocycles. The molecule has 1 aliphatic heterocycles. The number of aromatic nitrogens is 6. The number of hydrogen-bond donors (Lipinski definition) is 2. The summed E-state index contributed by atoms with van der Waals surface area (Å²) in [7, 11) is 6.20. The molecule has 1 aliphatic rings. The van der Waals surface area contributed by atoms with E-state index in [0.717, 1.165) is 64.7 Å². The van der Waals surface area contributed by atoms with Crippen LogP contribution in [0.25, 0.3) is 32.8 Å². The first-order valence-electron chi connectivity index (χ1n) is 12.5. The second-order valence-electron chi connectivity index (χ2n) is 9.99. The maximum absolute atomic E-state index is 6.61. The van der Waals surface area contributed by atoms with Crippen molar-refractivity contribution in [2.75, 3.05) is 37.8 Å². The lowest BCUT2D eigenvalue weighted by Gasteiger charge is -2.36. The number of H-pyrrole nitrogens is 1.